The SMILES string of the molecule is CC(C)c1c([N+](=O)[O-])nnn1C. The lowest BCUT2D eigenvalue weighted by Crippen LogP contribution is -2.02. The molecule has 6 nitrogen and oxygen atoms in total. The molecule has 0 N–H and O–H groups in total. The molecule has 0 spiro atoms. The van der Waals surface area contributed by atoms with E-state index in [1.54, 1.807) is 7.05 Å². The van der Waals surface area contributed by atoms with Crippen LogP contribution < -0.4 is 0 Å². The van der Waals surface area contributed by atoms with Crippen molar-refractivity contribution in [2.45, 2.75) is 19.8 Å². The Balaban J connectivity index is 3.21. The van der Waals surface area contributed by atoms with E-state index in [0.717, 1.165) is 0 Å². The molecular weight excluding hydrogens is 160 g/mol. The second-order valence-electron chi connectivity index (χ2n) is 2.83. The van der Waals surface area contributed by atoms with Gasteiger partial charge in [-0.2, -0.15) is 0 Å². The molecule has 1 aromatic rings. The molecule has 0 bridgehead atoms. The minimum Gasteiger partial charge on any atom is -0.358 e. The molecule has 0 aliphatic heterocycles. The Morgan fingerprint density at radius 2 is 2.17 bits per heavy atom. The molecule has 6 heteroatoms. The van der Waals surface area contributed by atoms with Crippen molar-refractivity contribution in [2.75, 3.05) is 0 Å². The van der Waals surface area contributed by atoms with Crippen LogP contribution in [0.3, 0.4) is 0 Å². The number of nitro groups is 1. The standard InChI is InChI=1S/C6H10N4O2/c1-4(2)5-6(10(11)12)7-8-9(5)3/h4H,1-3H3. The highest BCUT2D eigenvalue weighted by atomic mass is 16.6. The van der Waals surface area contributed by atoms with Crippen molar-refractivity contribution in [3.05, 3.63) is 15.8 Å². The molecule has 0 atom stereocenters. The Bertz CT molecular complexity index is 304. The van der Waals surface area contributed by atoms with E-state index in [4.69, 9.17) is 0 Å². The first kappa shape index (κ1) is 8.63. The Labute approximate surface area is 69.3 Å². The van der Waals surface area contributed by atoms with E-state index in [9.17, 15) is 10.1 Å². The number of rotatable bonds is 2. The zero-order chi connectivity index (χ0) is 9.30. The number of aryl methyl sites for hydroxylation is 1. The van der Waals surface area contributed by atoms with Gasteiger partial charge in [0, 0.05) is 13.0 Å². The van der Waals surface area contributed by atoms with E-state index < -0.39 is 4.92 Å². The van der Waals surface area contributed by atoms with Crippen LogP contribution in [0.1, 0.15) is 25.5 Å². The van der Waals surface area contributed by atoms with Gasteiger partial charge < -0.3 is 10.1 Å². The Kier molecular flexibility index (Phi) is 2.07. The summed E-state index contributed by atoms with van der Waals surface area (Å²) in [5, 5.41) is 17.5. The quantitative estimate of drug-likeness (QED) is 0.487. The summed E-state index contributed by atoms with van der Waals surface area (Å²) in [4.78, 5) is 9.92. The molecule has 66 valence electrons. The van der Waals surface area contributed by atoms with Gasteiger partial charge in [-0.1, -0.05) is 13.8 Å². The number of hydrogen-bond donors (Lipinski definition) is 0. The van der Waals surface area contributed by atoms with Crippen molar-refractivity contribution >= 4 is 5.82 Å². The highest BCUT2D eigenvalue weighted by molar-refractivity contribution is 5.27. The van der Waals surface area contributed by atoms with Crippen LogP contribution in [0, 0.1) is 10.1 Å². The number of hydrogen-bond acceptors (Lipinski definition) is 4. The molecule has 0 amide bonds. The van der Waals surface area contributed by atoms with Gasteiger partial charge in [-0.25, -0.2) is 4.68 Å². The number of nitrogens with zero attached hydrogens (tertiary/aromatic N) is 4. The molecule has 12 heavy (non-hydrogen) atoms. The zero-order valence-electron chi connectivity index (χ0n) is 7.18. The second-order valence-corrected chi connectivity index (χ2v) is 2.83. The summed E-state index contributed by atoms with van der Waals surface area (Å²) in [5.41, 5.74) is 0.556. The lowest BCUT2D eigenvalue weighted by Gasteiger charge is -2.01. The molecule has 0 unspecified atom stereocenters. The van der Waals surface area contributed by atoms with Gasteiger partial charge in [0.25, 0.3) is 0 Å². The first-order chi connectivity index (χ1) is 5.54. The van der Waals surface area contributed by atoms with Gasteiger partial charge in [-0.3, -0.25) is 0 Å². The van der Waals surface area contributed by atoms with Crippen molar-refractivity contribution in [2.24, 2.45) is 7.05 Å². The minimum absolute atomic E-state index is 0.0606. The molecule has 0 aliphatic rings. The third-order valence-electron chi connectivity index (χ3n) is 1.57. The number of aromatic nitrogens is 3. The van der Waals surface area contributed by atoms with Crippen molar-refractivity contribution in [1.29, 1.82) is 0 Å². The smallest absolute Gasteiger partial charge is 0.358 e. The van der Waals surface area contributed by atoms with Crippen molar-refractivity contribution in [1.82, 2.24) is 15.0 Å². The molecule has 0 saturated carbocycles. The lowest BCUT2D eigenvalue weighted by atomic mass is 10.1. The van der Waals surface area contributed by atoms with Crippen LogP contribution in [0.15, 0.2) is 0 Å². The van der Waals surface area contributed by atoms with E-state index in [1.807, 2.05) is 13.8 Å². The van der Waals surface area contributed by atoms with E-state index in [2.05, 4.69) is 10.3 Å². The molecule has 1 aromatic heterocycles. The van der Waals surface area contributed by atoms with Gasteiger partial charge in [0.2, 0.25) is 0 Å². The van der Waals surface area contributed by atoms with Crippen LogP contribution in [0.5, 0.6) is 0 Å². The van der Waals surface area contributed by atoms with Gasteiger partial charge in [-0.15, -0.1) is 0 Å². The highest BCUT2D eigenvalue weighted by Gasteiger charge is 2.23. The van der Waals surface area contributed by atoms with Crippen LogP contribution in [0.25, 0.3) is 0 Å². The highest BCUT2D eigenvalue weighted by Crippen LogP contribution is 2.21. The van der Waals surface area contributed by atoms with Crippen LogP contribution in [-0.2, 0) is 7.05 Å². The van der Waals surface area contributed by atoms with Crippen molar-refractivity contribution in [3.63, 3.8) is 0 Å². The summed E-state index contributed by atoms with van der Waals surface area (Å²) < 4.78 is 1.43. The molecular formula is C6H10N4O2. The summed E-state index contributed by atoms with van der Waals surface area (Å²) in [5.74, 6) is -0.0853. The molecule has 1 heterocycles. The summed E-state index contributed by atoms with van der Waals surface area (Å²) >= 11 is 0. The summed E-state index contributed by atoms with van der Waals surface area (Å²) in [6.45, 7) is 3.73. The molecule has 1 rings (SSSR count). The molecule has 0 saturated heterocycles. The summed E-state index contributed by atoms with van der Waals surface area (Å²) in [7, 11) is 1.65. The second kappa shape index (κ2) is 2.88. The topological polar surface area (TPSA) is 73.8 Å². The van der Waals surface area contributed by atoms with E-state index in [-0.39, 0.29) is 11.7 Å². The van der Waals surface area contributed by atoms with Crippen LogP contribution in [0.4, 0.5) is 5.82 Å². The fraction of sp³-hybridized carbons (Fsp3) is 0.667. The van der Waals surface area contributed by atoms with Crippen LogP contribution >= 0.6 is 0 Å². The maximum atomic E-state index is 10.4. The maximum Gasteiger partial charge on any atom is 0.413 e. The maximum absolute atomic E-state index is 10.4. The average Bonchev–Trinajstić information content (AvgIpc) is 2.30. The third kappa shape index (κ3) is 1.27. The fourth-order valence-corrected chi connectivity index (χ4v) is 1.12. The first-order valence-corrected chi connectivity index (χ1v) is 3.58. The third-order valence-corrected chi connectivity index (χ3v) is 1.57. The summed E-state index contributed by atoms with van der Waals surface area (Å²) in [6, 6.07) is 0. The van der Waals surface area contributed by atoms with Crippen LogP contribution in [-0.4, -0.2) is 19.9 Å². The fourth-order valence-electron chi connectivity index (χ4n) is 1.12. The Morgan fingerprint density at radius 1 is 1.58 bits per heavy atom. The monoisotopic (exact) mass is 170 g/mol. The van der Waals surface area contributed by atoms with Gasteiger partial charge >= 0.3 is 5.82 Å². The molecule has 0 radical (unpaired) electrons. The minimum atomic E-state index is -0.512. The predicted molar refractivity (Wildman–Crippen MR) is 41.7 cm³/mol. The van der Waals surface area contributed by atoms with Crippen molar-refractivity contribution in [3.8, 4) is 0 Å². The molecule has 0 aliphatic carbocycles. The van der Waals surface area contributed by atoms with E-state index >= 15 is 0 Å². The van der Waals surface area contributed by atoms with Gasteiger partial charge in [0.1, 0.15) is 10.8 Å². The molecule has 0 fully saturated rings. The lowest BCUT2D eigenvalue weighted by molar-refractivity contribution is -0.390. The first-order valence-electron chi connectivity index (χ1n) is 3.58. The largest absolute Gasteiger partial charge is 0.413 e. The zero-order valence-corrected chi connectivity index (χ0v) is 7.18. The summed E-state index contributed by atoms with van der Waals surface area (Å²) in [6.07, 6.45) is 0. The molecule has 0 aromatic carbocycles. The average molecular weight is 170 g/mol. The van der Waals surface area contributed by atoms with E-state index in [0.29, 0.717) is 5.69 Å². The Morgan fingerprint density at radius 3 is 2.50 bits per heavy atom. The normalized spacial score (nSPS) is 10.7. The van der Waals surface area contributed by atoms with Gasteiger partial charge in [0.05, 0.1) is 5.21 Å². The Hall–Kier alpha value is -1.46. The van der Waals surface area contributed by atoms with Crippen molar-refractivity contribution < 1.29 is 4.92 Å². The van der Waals surface area contributed by atoms with Gasteiger partial charge in [-0.05, 0) is 4.92 Å². The predicted octanol–water partition coefficient (Wildman–Crippen LogP) is 0.847. The van der Waals surface area contributed by atoms with Gasteiger partial charge in [0.15, 0.2) is 0 Å². The van der Waals surface area contributed by atoms with E-state index in [1.165, 1.54) is 4.68 Å². The van der Waals surface area contributed by atoms with Crippen LogP contribution in [0.2, 0.25) is 0 Å².